The number of phenolic OH excluding ortho intramolecular Hbond substituents is 2. The van der Waals surface area contributed by atoms with Crippen molar-refractivity contribution in [2.45, 2.75) is 50.0 Å². The van der Waals surface area contributed by atoms with Crippen molar-refractivity contribution in [3.8, 4) is 11.5 Å². The van der Waals surface area contributed by atoms with Crippen molar-refractivity contribution < 1.29 is 10.2 Å². The third-order valence-electron chi connectivity index (χ3n) is 6.88. The van der Waals surface area contributed by atoms with Crippen molar-refractivity contribution in [3.63, 3.8) is 0 Å². The van der Waals surface area contributed by atoms with E-state index in [4.69, 9.17) is 0 Å². The van der Waals surface area contributed by atoms with Gasteiger partial charge in [0.25, 0.3) is 0 Å². The van der Waals surface area contributed by atoms with Gasteiger partial charge in [0, 0.05) is 23.2 Å². The summed E-state index contributed by atoms with van der Waals surface area (Å²) in [5, 5.41) is 27.4. The summed E-state index contributed by atoms with van der Waals surface area (Å²) < 4.78 is 0. The molecule has 26 heavy (non-hydrogen) atoms. The Balaban J connectivity index is 1.56. The Bertz CT molecular complexity index is 846. The van der Waals surface area contributed by atoms with Crippen LogP contribution in [-0.2, 0) is 11.8 Å². The van der Waals surface area contributed by atoms with Crippen LogP contribution >= 0.6 is 0 Å². The summed E-state index contributed by atoms with van der Waals surface area (Å²) in [6.45, 7) is 1.09. The third-order valence-corrected chi connectivity index (χ3v) is 6.88. The summed E-state index contributed by atoms with van der Waals surface area (Å²) in [7, 11) is 0. The van der Waals surface area contributed by atoms with Gasteiger partial charge in [0.05, 0.1) is 5.69 Å². The first-order chi connectivity index (χ1) is 12.7. The van der Waals surface area contributed by atoms with E-state index < -0.39 is 0 Å². The molecule has 2 aromatic carbocycles. The second-order valence-corrected chi connectivity index (χ2v) is 8.22. The van der Waals surface area contributed by atoms with E-state index in [0.717, 1.165) is 24.3 Å². The van der Waals surface area contributed by atoms with Crippen LogP contribution in [0.4, 0.5) is 11.4 Å². The van der Waals surface area contributed by atoms with Gasteiger partial charge >= 0.3 is 0 Å². The summed E-state index contributed by atoms with van der Waals surface area (Å²) in [5.74, 6) is 1.24. The lowest BCUT2D eigenvalue weighted by Crippen LogP contribution is -2.59. The van der Waals surface area contributed by atoms with E-state index in [-0.39, 0.29) is 11.2 Å². The molecule has 4 nitrogen and oxygen atoms in total. The van der Waals surface area contributed by atoms with E-state index in [1.54, 1.807) is 18.2 Å². The molecule has 0 aromatic heterocycles. The zero-order chi connectivity index (χ0) is 17.7. The molecule has 0 unspecified atom stereocenters. The number of piperidine rings is 1. The molecule has 4 N–H and O–H groups in total. The van der Waals surface area contributed by atoms with Gasteiger partial charge in [-0.1, -0.05) is 18.9 Å². The minimum atomic E-state index is 0.218. The highest BCUT2D eigenvalue weighted by atomic mass is 16.3. The average molecular weight is 350 g/mol. The molecule has 3 aliphatic rings. The van der Waals surface area contributed by atoms with Gasteiger partial charge in [-0.05, 0) is 73.5 Å². The number of phenols is 2. The van der Waals surface area contributed by atoms with Gasteiger partial charge in [0.1, 0.15) is 11.5 Å². The third kappa shape index (κ3) is 2.39. The summed E-state index contributed by atoms with van der Waals surface area (Å²) >= 11 is 0. The van der Waals surface area contributed by atoms with Gasteiger partial charge in [-0.25, -0.2) is 0 Å². The SMILES string of the molecule is Oc1cccc(Nc2cc3c(cc2O)[C@@]24CCCC[C@H]2[C@@H](C3)NCC4)c1. The quantitative estimate of drug-likeness (QED) is 0.613. The predicted octanol–water partition coefficient (Wildman–Crippen LogP) is 4.19. The number of hydrogen-bond acceptors (Lipinski definition) is 4. The van der Waals surface area contributed by atoms with E-state index in [9.17, 15) is 10.2 Å². The highest BCUT2D eigenvalue weighted by Crippen LogP contribution is 2.55. The van der Waals surface area contributed by atoms with Gasteiger partial charge in [-0.15, -0.1) is 0 Å². The molecule has 2 bridgehead atoms. The fourth-order valence-electron chi connectivity index (χ4n) is 5.81. The number of nitrogens with one attached hydrogen (secondary N) is 2. The Hall–Kier alpha value is -2.20. The largest absolute Gasteiger partial charge is 0.508 e. The smallest absolute Gasteiger partial charge is 0.139 e. The van der Waals surface area contributed by atoms with E-state index in [2.05, 4.69) is 16.7 Å². The molecule has 0 spiro atoms. The van der Waals surface area contributed by atoms with Crippen LogP contribution < -0.4 is 10.6 Å². The molecule has 136 valence electrons. The van der Waals surface area contributed by atoms with Gasteiger partial charge in [0.15, 0.2) is 0 Å². The molecule has 2 aliphatic carbocycles. The van der Waals surface area contributed by atoms with Crippen LogP contribution in [-0.4, -0.2) is 22.8 Å². The molecule has 4 heteroatoms. The summed E-state index contributed by atoms with van der Waals surface area (Å²) in [6.07, 6.45) is 7.41. The molecule has 5 rings (SSSR count). The van der Waals surface area contributed by atoms with E-state index in [0.29, 0.717) is 17.7 Å². The number of benzene rings is 2. The van der Waals surface area contributed by atoms with Gasteiger partial charge in [-0.2, -0.15) is 0 Å². The number of fused-ring (bicyclic) bond motifs is 1. The van der Waals surface area contributed by atoms with Crippen LogP contribution in [0, 0.1) is 5.92 Å². The standard InChI is InChI=1S/C22H26N2O2/c25-16-5-3-4-15(12-16)24-20-11-14-10-19-17-6-1-2-7-22(17,8-9-23-19)18(14)13-21(20)26/h3-5,11-13,17,19,23-26H,1-2,6-10H2/t17-,19+,22+/m0/s1. The Morgan fingerprint density at radius 3 is 2.88 bits per heavy atom. The summed E-state index contributed by atoms with van der Waals surface area (Å²) in [4.78, 5) is 0. The van der Waals surface area contributed by atoms with Gasteiger partial charge in [0.2, 0.25) is 0 Å². The second-order valence-electron chi connectivity index (χ2n) is 8.22. The maximum Gasteiger partial charge on any atom is 0.139 e. The van der Waals surface area contributed by atoms with Crippen molar-refractivity contribution in [3.05, 3.63) is 47.5 Å². The van der Waals surface area contributed by atoms with Crippen molar-refractivity contribution in [1.82, 2.24) is 5.32 Å². The molecular weight excluding hydrogens is 324 g/mol. The molecule has 1 saturated heterocycles. The van der Waals surface area contributed by atoms with E-state index in [1.165, 1.54) is 43.2 Å². The number of aromatic hydroxyl groups is 2. The van der Waals surface area contributed by atoms with Crippen LogP contribution in [0.5, 0.6) is 11.5 Å². The van der Waals surface area contributed by atoms with Crippen LogP contribution in [0.1, 0.15) is 43.2 Å². The number of anilines is 2. The Labute approximate surface area is 154 Å². The van der Waals surface area contributed by atoms with E-state index in [1.807, 2.05) is 12.1 Å². The number of hydrogen-bond donors (Lipinski definition) is 4. The second kappa shape index (κ2) is 5.92. The average Bonchev–Trinajstić information content (AvgIpc) is 2.63. The first-order valence-corrected chi connectivity index (χ1v) is 9.81. The Morgan fingerprint density at radius 1 is 1.08 bits per heavy atom. The molecular formula is C22H26N2O2. The zero-order valence-corrected chi connectivity index (χ0v) is 15.0. The lowest BCUT2D eigenvalue weighted by Gasteiger charge is -2.56. The molecule has 1 heterocycles. The van der Waals surface area contributed by atoms with Crippen LogP contribution in [0.3, 0.4) is 0 Å². The van der Waals surface area contributed by atoms with Crippen molar-refractivity contribution in [2.24, 2.45) is 5.92 Å². The minimum Gasteiger partial charge on any atom is -0.508 e. The van der Waals surface area contributed by atoms with Crippen molar-refractivity contribution >= 4 is 11.4 Å². The monoisotopic (exact) mass is 350 g/mol. The predicted molar refractivity (Wildman–Crippen MR) is 103 cm³/mol. The topological polar surface area (TPSA) is 64.5 Å². The minimum absolute atomic E-state index is 0.218. The lowest BCUT2D eigenvalue weighted by atomic mass is 9.53. The fourth-order valence-corrected chi connectivity index (χ4v) is 5.81. The molecule has 0 amide bonds. The molecule has 2 aromatic rings. The first kappa shape index (κ1) is 16.0. The fraction of sp³-hybridized carbons (Fsp3) is 0.455. The van der Waals surface area contributed by atoms with Crippen molar-refractivity contribution in [1.29, 1.82) is 0 Å². The molecule has 1 aliphatic heterocycles. The molecule has 3 atom stereocenters. The molecule has 1 saturated carbocycles. The van der Waals surface area contributed by atoms with Crippen molar-refractivity contribution in [2.75, 3.05) is 11.9 Å². The zero-order valence-electron chi connectivity index (χ0n) is 15.0. The highest BCUT2D eigenvalue weighted by Gasteiger charge is 2.51. The number of rotatable bonds is 2. The molecule has 2 fully saturated rings. The summed E-state index contributed by atoms with van der Waals surface area (Å²) in [6, 6.07) is 11.7. The maximum atomic E-state index is 10.7. The van der Waals surface area contributed by atoms with Crippen LogP contribution in [0.25, 0.3) is 0 Å². The van der Waals surface area contributed by atoms with Gasteiger partial charge in [-0.3, -0.25) is 0 Å². The normalized spacial score (nSPS) is 29.5. The Morgan fingerprint density at radius 2 is 2.00 bits per heavy atom. The Kier molecular flexibility index (Phi) is 3.64. The lowest BCUT2D eigenvalue weighted by molar-refractivity contribution is 0.0796. The maximum absolute atomic E-state index is 10.7. The molecule has 0 radical (unpaired) electrons. The van der Waals surface area contributed by atoms with E-state index >= 15 is 0 Å². The first-order valence-electron chi connectivity index (χ1n) is 9.81. The summed E-state index contributed by atoms with van der Waals surface area (Å²) in [5.41, 5.74) is 4.50. The van der Waals surface area contributed by atoms with Crippen LogP contribution in [0.15, 0.2) is 36.4 Å². The highest BCUT2D eigenvalue weighted by molar-refractivity contribution is 5.69. The van der Waals surface area contributed by atoms with Gasteiger partial charge < -0.3 is 20.8 Å². The van der Waals surface area contributed by atoms with Crippen LogP contribution in [0.2, 0.25) is 0 Å².